The van der Waals surface area contributed by atoms with E-state index in [1.165, 1.54) is 5.56 Å². The smallest absolute Gasteiger partial charge is 0.165 e. The largest absolute Gasteiger partial charge is 0.496 e. The lowest BCUT2D eigenvalue weighted by Gasteiger charge is -2.20. The van der Waals surface area contributed by atoms with Crippen molar-refractivity contribution < 1.29 is 9.47 Å². The molecule has 1 aromatic carbocycles. The Morgan fingerprint density at radius 3 is 2.73 bits per heavy atom. The highest BCUT2D eigenvalue weighted by Gasteiger charge is 2.33. The first kappa shape index (κ1) is 14.7. The summed E-state index contributed by atoms with van der Waals surface area (Å²) in [5.41, 5.74) is 5.07. The predicted octanol–water partition coefficient (Wildman–Crippen LogP) is 4.16. The van der Waals surface area contributed by atoms with Crippen LogP contribution in [0.3, 0.4) is 0 Å². The van der Waals surface area contributed by atoms with Crippen molar-refractivity contribution in [2.75, 3.05) is 12.4 Å². The van der Waals surface area contributed by atoms with Gasteiger partial charge in [-0.25, -0.2) is 0 Å². The zero-order valence-corrected chi connectivity index (χ0v) is 13.8. The van der Waals surface area contributed by atoms with Gasteiger partial charge in [0.2, 0.25) is 0 Å². The van der Waals surface area contributed by atoms with Crippen LogP contribution in [-0.2, 0) is 6.42 Å². The summed E-state index contributed by atoms with van der Waals surface area (Å²) in [7, 11) is 1.69. The first-order valence-corrected chi connectivity index (χ1v) is 7.49. The molecule has 0 fully saturated rings. The number of nitrogens with one attached hydrogen (secondary N) is 1. The molecule has 0 saturated heterocycles. The summed E-state index contributed by atoms with van der Waals surface area (Å²) in [5, 5.41) is 3.51. The summed E-state index contributed by atoms with van der Waals surface area (Å²) < 4.78 is 11.5. The van der Waals surface area contributed by atoms with Crippen molar-refractivity contribution in [1.82, 2.24) is 4.98 Å². The minimum atomic E-state index is -0.203. The molecule has 2 aromatic rings. The van der Waals surface area contributed by atoms with E-state index in [2.05, 4.69) is 44.1 Å². The number of hydrogen-bond acceptors (Lipinski definition) is 4. The molecule has 4 heteroatoms. The van der Waals surface area contributed by atoms with Gasteiger partial charge in [0.1, 0.15) is 11.4 Å². The Morgan fingerprint density at radius 1 is 1.23 bits per heavy atom. The summed E-state index contributed by atoms with van der Waals surface area (Å²) >= 11 is 0. The van der Waals surface area contributed by atoms with Crippen LogP contribution < -0.4 is 14.8 Å². The third kappa shape index (κ3) is 2.49. The Hall–Kier alpha value is -2.23. The van der Waals surface area contributed by atoms with Crippen molar-refractivity contribution in [3.05, 3.63) is 41.2 Å². The van der Waals surface area contributed by atoms with Gasteiger partial charge in [-0.1, -0.05) is 6.07 Å². The highest BCUT2D eigenvalue weighted by atomic mass is 16.5. The first-order chi connectivity index (χ1) is 10.4. The lowest BCUT2D eigenvalue weighted by molar-refractivity contribution is 0.139. The summed E-state index contributed by atoms with van der Waals surface area (Å²) in [6.45, 7) is 8.31. The molecule has 1 N–H and O–H groups in total. The second kappa shape index (κ2) is 5.20. The fraction of sp³-hybridized carbons (Fsp3) is 0.389. The standard InChI is InChI=1S/C18H22N2O2/c1-11-6-7-15(21-5)12(2)16(11)20-13-8-9-19-14-10-18(3,4)22-17(13)14/h6-9H,10H2,1-5H3,(H,19,20). The number of rotatable bonds is 3. The number of anilines is 2. The molecule has 0 amide bonds. The maximum Gasteiger partial charge on any atom is 0.165 e. The second-order valence-electron chi connectivity index (χ2n) is 6.38. The lowest BCUT2D eigenvalue weighted by atomic mass is 10.1. The van der Waals surface area contributed by atoms with Gasteiger partial charge in [0.25, 0.3) is 0 Å². The number of benzene rings is 1. The maximum absolute atomic E-state index is 6.08. The number of hydrogen-bond donors (Lipinski definition) is 1. The molecule has 0 bridgehead atoms. The molecule has 1 aliphatic rings. The number of nitrogens with zero attached hydrogens (tertiary/aromatic N) is 1. The predicted molar refractivity (Wildman–Crippen MR) is 88.4 cm³/mol. The topological polar surface area (TPSA) is 43.4 Å². The van der Waals surface area contributed by atoms with E-state index in [0.29, 0.717) is 0 Å². The summed E-state index contributed by atoms with van der Waals surface area (Å²) in [4.78, 5) is 4.45. The molecule has 116 valence electrons. The van der Waals surface area contributed by atoms with Gasteiger partial charge in [-0.2, -0.15) is 0 Å². The van der Waals surface area contributed by atoms with E-state index in [1.54, 1.807) is 7.11 Å². The van der Waals surface area contributed by atoms with Gasteiger partial charge < -0.3 is 14.8 Å². The van der Waals surface area contributed by atoms with Crippen molar-refractivity contribution in [1.29, 1.82) is 0 Å². The summed E-state index contributed by atoms with van der Waals surface area (Å²) in [5.74, 6) is 1.73. The fourth-order valence-electron chi connectivity index (χ4n) is 2.92. The number of aryl methyl sites for hydroxylation is 1. The molecule has 0 radical (unpaired) electrons. The van der Waals surface area contributed by atoms with E-state index in [-0.39, 0.29) is 5.60 Å². The average Bonchev–Trinajstić information content (AvgIpc) is 2.78. The molecule has 0 aliphatic carbocycles. The van der Waals surface area contributed by atoms with Crippen LogP contribution in [0, 0.1) is 13.8 Å². The molecule has 1 aliphatic heterocycles. The molecule has 3 rings (SSSR count). The number of pyridine rings is 1. The molecular formula is C18H22N2O2. The maximum atomic E-state index is 6.08. The Labute approximate surface area is 131 Å². The molecular weight excluding hydrogens is 276 g/mol. The number of methoxy groups -OCH3 is 1. The molecule has 4 nitrogen and oxygen atoms in total. The highest BCUT2D eigenvalue weighted by molar-refractivity contribution is 5.73. The first-order valence-electron chi connectivity index (χ1n) is 7.49. The van der Waals surface area contributed by atoms with Gasteiger partial charge in [0.05, 0.1) is 18.5 Å². The van der Waals surface area contributed by atoms with Gasteiger partial charge in [-0.15, -0.1) is 0 Å². The molecule has 1 aromatic heterocycles. The zero-order valence-electron chi connectivity index (χ0n) is 13.8. The molecule has 0 atom stereocenters. The van der Waals surface area contributed by atoms with Crippen LogP contribution in [0.1, 0.15) is 30.7 Å². The normalized spacial score (nSPS) is 15.1. The van der Waals surface area contributed by atoms with Crippen LogP contribution in [0.5, 0.6) is 11.5 Å². The monoisotopic (exact) mass is 298 g/mol. The Kier molecular flexibility index (Phi) is 3.47. The van der Waals surface area contributed by atoms with Crippen molar-refractivity contribution in [2.45, 2.75) is 39.7 Å². The third-order valence-electron chi connectivity index (χ3n) is 4.05. The van der Waals surface area contributed by atoms with Gasteiger partial charge in [-0.3, -0.25) is 4.98 Å². The van der Waals surface area contributed by atoms with E-state index < -0.39 is 0 Å². The average molecular weight is 298 g/mol. The Balaban J connectivity index is 2.02. The van der Waals surface area contributed by atoms with E-state index >= 15 is 0 Å². The van der Waals surface area contributed by atoms with Crippen LogP contribution in [0.4, 0.5) is 11.4 Å². The van der Waals surface area contributed by atoms with E-state index in [1.807, 2.05) is 18.3 Å². The van der Waals surface area contributed by atoms with E-state index in [4.69, 9.17) is 9.47 Å². The van der Waals surface area contributed by atoms with Crippen molar-refractivity contribution >= 4 is 11.4 Å². The van der Waals surface area contributed by atoms with Crippen molar-refractivity contribution in [3.63, 3.8) is 0 Å². The van der Waals surface area contributed by atoms with Gasteiger partial charge in [0, 0.05) is 23.9 Å². The van der Waals surface area contributed by atoms with Crippen LogP contribution >= 0.6 is 0 Å². The van der Waals surface area contributed by atoms with E-state index in [9.17, 15) is 0 Å². The van der Waals surface area contributed by atoms with Crippen LogP contribution in [0.15, 0.2) is 24.4 Å². The van der Waals surface area contributed by atoms with Crippen LogP contribution in [0.25, 0.3) is 0 Å². The van der Waals surface area contributed by atoms with Gasteiger partial charge in [-0.05, 0) is 45.4 Å². The third-order valence-corrected chi connectivity index (χ3v) is 4.05. The molecule has 0 unspecified atom stereocenters. The molecule has 0 spiro atoms. The lowest BCUT2D eigenvalue weighted by Crippen LogP contribution is -2.24. The van der Waals surface area contributed by atoms with E-state index in [0.717, 1.165) is 40.6 Å². The SMILES string of the molecule is COc1ccc(C)c(Nc2ccnc3c2OC(C)(C)C3)c1C. The Bertz CT molecular complexity index is 723. The Morgan fingerprint density at radius 2 is 2.00 bits per heavy atom. The molecule has 2 heterocycles. The van der Waals surface area contributed by atoms with Crippen LogP contribution in [0.2, 0.25) is 0 Å². The fourth-order valence-corrected chi connectivity index (χ4v) is 2.92. The zero-order chi connectivity index (χ0) is 15.9. The molecule has 22 heavy (non-hydrogen) atoms. The number of aromatic nitrogens is 1. The van der Waals surface area contributed by atoms with Gasteiger partial charge in [0.15, 0.2) is 5.75 Å². The highest BCUT2D eigenvalue weighted by Crippen LogP contribution is 2.41. The second-order valence-corrected chi connectivity index (χ2v) is 6.38. The van der Waals surface area contributed by atoms with Crippen LogP contribution in [-0.4, -0.2) is 17.7 Å². The van der Waals surface area contributed by atoms with Crippen molar-refractivity contribution in [3.8, 4) is 11.5 Å². The van der Waals surface area contributed by atoms with Gasteiger partial charge >= 0.3 is 0 Å². The number of ether oxygens (including phenoxy) is 2. The quantitative estimate of drug-likeness (QED) is 0.924. The summed E-state index contributed by atoms with van der Waals surface area (Å²) in [6, 6.07) is 6.01. The number of fused-ring (bicyclic) bond motifs is 1. The minimum Gasteiger partial charge on any atom is -0.496 e. The minimum absolute atomic E-state index is 0.203. The van der Waals surface area contributed by atoms with Crippen molar-refractivity contribution in [2.24, 2.45) is 0 Å². The molecule has 0 saturated carbocycles. The summed E-state index contributed by atoms with van der Waals surface area (Å²) in [6.07, 6.45) is 2.66.